The molecule has 2 N–H and O–H groups in total. The van der Waals surface area contributed by atoms with Gasteiger partial charge >= 0.3 is 0 Å². The molecule has 1 aliphatic carbocycles. The summed E-state index contributed by atoms with van der Waals surface area (Å²) in [4.78, 5) is 18.0. The fourth-order valence-corrected chi connectivity index (χ4v) is 3.88. The van der Waals surface area contributed by atoms with Gasteiger partial charge in [-0.2, -0.15) is 0 Å². The van der Waals surface area contributed by atoms with Gasteiger partial charge in [0.05, 0.1) is 17.4 Å². The lowest BCUT2D eigenvalue weighted by Gasteiger charge is -2.08. The van der Waals surface area contributed by atoms with E-state index in [0.717, 1.165) is 41.1 Å². The number of amides is 1. The number of rotatable bonds is 3. The average molecular weight is 287 g/mol. The molecule has 104 valence electrons. The highest BCUT2D eigenvalue weighted by Gasteiger charge is 2.26. The van der Waals surface area contributed by atoms with Crippen LogP contribution in [0.15, 0.2) is 18.5 Å². The maximum absolute atomic E-state index is 12.6. The standard InChI is InChI=1S/C15H17N3OS/c1-9-6-10(8-17-7-9)18-14(19)13-11-4-3-5-12(11)20-15(13)16-2/h6-8,16H,3-5H2,1-2H3,(H,18,19). The smallest absolute Gasteiger partial charge is 0.258 e. The summed E-state index contributed by atoms with van der Waals surface area (Å²) in [5.74, 6) is -0.0406. The zero-order valence-corrected chi connectivity index (χ0v) is 12.4. The van der Waals surface area contributed by atoms with E-state index in [2.05, 4.69) is 15.6 Å². The van der Waals surface area contributed by atoms with Gasteiger partial charge in [-0.05, 0) is 43.4 Å². The molecule has 2 aromatic rings. The first-order chi connectivity index (χ1) is 9.69. The van der Waals surface area contributed by atoms with E-state index in [1.165, 1.54) is 10.4 Å². The van der Waals surface area contributed by atoms with Gasteiger partial charge in [0.15, 0.2) is 0 Å². The first kappa shape index (κ1) is 13.1. The van der Waals surface area contributed by atoms with Crippen molar-refractivity contribution in [1.82, 2.24) is 4.98 Å². The Morgan fingerprint density at radius 1 is 1.35 bits per heavy atom. The Morgan fingerprint density at radius 2 is 2.20 bits per heavy atom. The van der Waals surface area contributed by atoms with Crippen molar-refractivity contribution < 1.29 is 4.79 Å². The fraction of sp³-hybridized carbons (Fsp3) is 0.333. The first-order valence-electron chi connectivity index (χ1n) is 6.74. The quantitative estimate of drug-likeness (QED) is 0.911. The summed E-state index contributed by atoms with van der Waals surface area (Å²) in [6.07, 6.45) is 6.70. The monoisotopic (exact) mass is 287 g/mol. The summed E-state index contributed by atoms with van der Waals surface area (Å²) in [6.45, 7) is 1.96. The molecule has 4 nitrogen and oxygen atoms in total. The molecule has 0 atom stereocenters. The van der Waals surface area contributed by atoms with Crippen LogP contribution in [0.1, 0.15) is 32.8 Å². The topological polar surface area (TPSA) is 54.0 Å². The third-order valence-corrected chi connectivity index (χ3v) is 4.82. The Labute approximate surface area is 122 Å². The number of pyridine rings is 1. The average Bonchev–Trinajstić information content (AvgIpc) is 2.97. The lowest BCUT2D eigenvalue weighted by molar-refractivity contribution is 0.102. The van der Waals surface area contributed by atoms with E-state index in [1.54, 1.807) is 23.7 Å². The molecule has 0 fully saturated rings. The van der Waals surface area contributed by atoms with Gasteiger partial charge in [0.1, 0.15) is 5.00 Å². The van der Waals surface area contributed by atoms with Crippen LogP contribution >= 0.6 is 11.3 Å². The molecular formula is C15H17N3OS. The Balaban J connectivity index is 1.91. The number of nitrogens with one attached hydrogen (secondary N) is 2. The number of hydrogen-bond acceptors (Lipinski definition) is 4. The third-order valence-electron chi connectivity index (χ3n) is 3.51. The molecule has 0 aliphatic heterocycles. The van der Waals surface area contributed by atoms with Gasteiger partial charge in [-0.15, -0.1) is 11.3 Å². The number of nitrogens with zero attached hydrogens (tertiary/aromatic N) is 1. The van der Waals surface area contributed by atoms with E-state index in [-0.39, 0.29) is 5.91 Å². The number of aromatic nitrogens is 1. The van der Waals surface area contributed by atoms with Crippen molar-refractivity contribution in [2.24, 2.45) is 0 Å². The Bertz CT molecular complexity index is 663. The molecule has 3 rings (SSSR count). The predicted octanol–water partition coefficient (Wildman–Crippen LogP) is 3.23. The minimum atomic E-state index is -0.0406. The minimum absolute atomic E-state index is 0.0406. The van der Waals surface area contributed by atoms with Crippen LogP contribution in [0.5, 0.6) is 0 Å². The van der Waals surface area contributed by atoms with Crippen molar-refractivity contribution in [3.8, 4) is 0 Å². The van der Waals surface area contributed by atoms with Crippen molar-refractivity contribution in [3.63, 3.8) is 0 Å². The summed E-state index contributed by atoms with van der Waals surface area (Å²) in [5, 5.41) is 7.07. The summed E-state index contributed by atoms with van der Waals surface area (Å²) in [5.41, 5.74) is 3.81. The van der Waals surface area contributed by atoms with E-state index in [1.807, 2.05) is 20.0 Å². The van der Waals surface area contributed by atoms with Crippen molar-refractivity contribution in [1.29, 1.82) is 0 Å². The largest absolute Gasteiger partial charge is 0.379 e. The number of fused-ring (bicyclic) bond motifs is 1. The highest BCUT2D eigenvalue weighted by Crippen LogP contribution is 2.39. The Morgan fingerprint density at radius 3 is 2.95 bits per heavy atom. The van der Waals surface area contributed by atoms with Crippen molar-refractivity contribution in [3.05, 3.63) is 40.0 Å². The number of anilines is 2. The molecule has 1 amide bonds. The van der Waals surface area contributed by atoms with Crippen LogP contribution in [-0.2, 0) is 12.8 Å². The summed E-state index contributed by atoms with van der Waals surface area (Å²) >= 11 is 1.70. The number of hydrogen-bond donors (Lipinski definition) is 2. The van der Waals surface area contributed by atoms with E-state index in [9.17, 15) is 4.79 Å². The molecule has 0 aromatic carbocycles. The second-order valence-electron chi connectivity index (χ2n) is 5.02. The summed E-state index contributed by atoms with van der Waals surface area (Å²) in [6, 6.07) is 1.93. The lowest BCUT2D eigenvalue weighted by atomic mass is 10.1. The van der Waals surface area contributed by atoms with Gasteiger partial charge in [-0.1, -0.05) is 0 Å². The van der Waals surface area contributed by atoms with E-state index >= 15 is 0 Å². The third kappa shape index (κ3) is 2.29. The SMILES string of the molecule is CNc1sc2c(c1C(=O)Nc1cncc(C)c1)CCC2. The molecule has 0 radical (unpaired) electrons. The van der Waals surface area contributed by atoms with Gasteiger partial charge in [0.25, 0.3) is 5.91 Å². The molecule has 2 aromatic heterocycles. The maximum Gasteiger partial charge on any atom is 0.258 e. The summed E-state index contributed by atoms with van der Waals surface area (Å²) < 4.78 is 0. The van der Waals surface area contributed by atoms with Gasteiger partial charge in [0.2, 0.25) is 0 Å². The van der Waals surface area contributed by atoms with Crippen LogP contribution in [0.4, 0.5) is 10.7 Å². The molecule has 0 bridgehead atoms. The number of carbonyl (C=O) groups excluding carboxylic acids is 1. The zero-order chi connectivity index (χ0) is 14.1. The van der Waals surface area contributed by atoms with Crippen LogP contribution in [0.2, 0.25) is 0 Å². The van der Waals surface area contributed by atoms with E-state index < -0.39 is 0 Å². The van der Waals surface area contributed by atoms with Crippen LogP contribution in [0.25, 0.3) is 0 Å². The number of carbonyl (C=O) groups is 1. The highest BCUT2D eigenvalue weighted by atomic mass is 32.1. The number of aryl methyl sites for hydroxylation is 2. The first-order valence-corrected chi connectivity index (χ1v) is 7.56. The summed E-state index contributed by atoms with van der Waals surface area (Å²) in [7, 11) is 1.87. The molecule has 0 saturated carbocycles. The molecule has 20 heavy (non-hydrogen) atoms. The van der Waals surface area contributed by atoms with Crippen molar-refractivity contribution >= 4 is 27.9 Å². The van der Waals surface area contributed by atoms with Crippen molar-refractivity contribution in [2.75, 3.05) is 17.7 Å². The Kier molecular flexibility index (Phi) is 3.44. The normalized spacial score (nSPS) is 13.1. The van der Waals surface area contributed by atoms with Crippen LogP contribution in [0.3, 0.4) is 0 Å². The van der Waals surface area contributed by atoms with Gasteiger partial charge in [-0.3, -0.25) is 9.78 Å². The second kappa shape index (κ2) is 5.25. The van der Waals surface area contributed by atoms with Gasteiger partial charge < -0.3 is 10.6 Å². The van der Waals surface area contributed by atoms with Crippen LogP contribution in [-0.4, -0.2) is 17.9 Å². The van der Waals surface area contributed by atoms with Crippen LogP contribution < -0.4 is 10.6 Å². The molecular weight excluding hydrogens is 270 g/mol. The molecule has 0 spiro atoms. The van der Waals surface area contributed by atoms with Gasteiger partial charge in [0, 0.05) is 18.1 Å². The zero-order valence-electron chi connectivity index (χ0n) is 11.6. The minimum Gasteiger partial charge on any atom is -0.379 e. The van der Waals surface area contributed by atoms with Gasteiger partial charge in [-0.25, -0.2) is 0 Å². The van der Waals surface area contributed by atoms with E-state index in [0.29, 0.717) is 0 Å². The maximum atomic E-state index is 12.6. The Hall–Kier alpha value is -1.88. The molecule has 1 aliphatic rings. The lowest BCUT2D eigenvalue weighted by Crippen LogP contribution is -2.14. The second-order valence-corrected chi connectivity index (χ2v) is 6.12. The van der Waals surface area contributed by atoms with Crippen molar-refractivity contribution in [2.45, 2.75) is 26.2 Å². The number of thiophene rings is 1. The molecule has 0 saturated heterocycles. The molecule has 5 heteroatoms. The fourth-order valence-electron chi connectivity index (χ4n) is 2.64. The van der Waals surface area contributed by atoms with E-state index in [4.69, 9.17) is 0 Å². The highest BCUT2D eigenvalue weighted by molar-refractivity contribution is 7.16. The molecule has 2 heterocycles. The molecule has 0 unspecified atom stereocenters. The predicted molar refractivity (Wildman–Crippen MR) is 82.8 cm³/mol. The van der Waals surface area contributed by atoms with Crippen LogP contribution in [0, 0.1) is 6.92 Å².